The minimum absolute atomic E-state index is 0.132. The monoisotopic (exact) mass is 290 g/mol. The summed E-state index contributed by atoms with van der Waals surface area (Å²) in [6.45, 7) is 1.93. The number of rotatable bonds is 2. The number of hydrogen-bond donors (Lipinski definition) is 0. The molecular weight excluding hydrogens is 284 g/mol. The van der Waals surface area contributed by atoms with Crippen molar-refractivity contribution in [1.82, 2.24) is 0 Å². The van der Waals surface area contributed by atoms with Crippen LogP contribution in [0.4, 0.5) is 0 Å². The molecular formula is C10H8BrClOS. The van der Waals surface area contributed by atoms with E-state index >= 15 is 0 Å². The second-order valence-corrected chi connectivity index (χ2v) is 5.26. The average Bonchev–Trinajstić information content (AvgIpc) is 2.73. The first kappa shape index (κ1) is 10.3. The lowest BCUT2D eigenvalue weighted by Gasteiger charge is -2.04. The fraction of sp³-hybridized carbons (Fsp3) is 0.200. The standard InChI is InChI=1S/C10H8BrClOS/c1-6-4-7(5-13-6)9(11)10-8(12)2-3-14-10/h2-5,9H,1H3. The van der Waals surface area contributed by atoms with Gasteiger partial charge in [0.05, 0.1) is 16.1 Å². The SMILES string of the molecule is Cc1cc(C(Br)c2sccc2Cl)co1. The molecule has 0 aliphatic rings. The molecule has 0 N–H and O–H groups in total. The van der Waals surface area contributed by atoms with Crippen LogP contribution >= 0.6 is 38.9 Å². The van der Waals surface area contributed by atoms with Gasteiger partial charge in [0, 0.05) is 10.4 Å². The molecule has 0 saturated carbocycles. The molecule has 0 radical (unpaired) electrons. The van der Waals surface area contributed by atoms with E-state index < -0.39 is 0 Å². The van der Waals surface area contributed by atoms with Crippen LogP contribution in [-0.4, -0.2) is 0 Å². The Morgan fingerprint density at radius 2 is 2.36 bits per heavy atom. The summed E-state index contributed by atoms with van der Waals surface area (Å²) in [6, 6.07) is 3.91. The molecule has 2 aromatic heterocycles. The van der Waals surface area contributed by atoms with Gasteiger partial charge in [0.1, 0.15) is 5.76 Å². The molecule has 0 aliphatic carbocycles. The highest BCUT2D eigenvalue weighted by Gasteiger charge is 2.16. The normalized spacial score (nSPS) is 13.1. The van der Waals surface area contributed by atoms with Crippen molar-refractivity contribution in [2.75, 3.05) is 0 Å². The highest BCUT2D eigenvalue weighted by Crippen LogP contribution is 2.39. The molecule has 2 aromatic rings. The Morgan fingerprint density at radius 3 is 2.86 bits per heavy atom. The molecule has 0 bridgehead atoms. The minimum atomic E-state index is 0.132. The number of furan rings is 1. The molecule has 0 saturated heterocycles. The lowest BCUT2D eigenvalue weighted by atomic mass is 10.2. The van der Waals surface area contributed by atoms with Gasteiger partial charge in [0.15, 0.2) is 0 Å². The van der Waals surface area contributed by atoms with Gasteiger partial charge < -0.3 is 4.42 Å². The summed E-state index contributed by atoms with van der Waals surface area (Å²) in [5.74, 6) is 0.914. The van der Waals surface area contributed by atoms with Gasteiger partial charge in [-0.1, -0.05) is 27.5 Å². The molecule has 0 fully saturated rings. The zero-order valence-corrected chi connectivity index (χ0v) is 10.6. The molecule has 0 aromatic carbocycles. The molecule has 4 heteroatoms. The van der Waals surface area contributed by atoms with Crippen molar-refractivity contribution >= 4 is 38.9 Å². The van der Waals surface area contributed by atoms with E-state index in [-0.39, 0.29) is 4.83 Å². The maximum absolute atomic E-state index is 6.04. The van der Waals surface area contributed by atoms with Gasteiger partial charge in [-0.15, -0.1) is 11.3 Å². The quantitative estimate of drug-likeness (QED) is 0.725. The maximum Gasteiger partial charge on any atom is 0.101 e. The lowest BCUT2D eigenvalue weighted by Crippen LogP contribution is -1.86. The van der Waals surface area contributed by atoms with Crippen molar-refractivity contribution in [3.63, 3.8) is 0 Å². The van der Waals surface area contributed by atoms with Gasteiger partial charge in [-0.3, -0.25) is 0 Å². The van der Waals surface area contributed by atoms with Crippen LogP contribution in [0.15, 0.2) is 28.2 Å². The maximum atomic E-state index is 6.04. The van der Waals surface area contributed by atoms with Crippen LogP contribution in [0.2, 0.25) is 5.02 Å². The summed E-state index contributed by atoms with van der Waals surface area (Å²) in [5.41, 5.74) is 1.10. The Morgan fingerprint density at radius 1 is 1.57 bits per heavy atom. The van der Waals surface area contributed by atoms with E-state index in [0.717, 1.165) is 21.2 Å². The van der Waals surface area contributed by atoms with Gasteiger partial charge in [-0.25, -0.2) is 0 Å². The highest BCUT2D eigenvalue weighted by atomic mass is 79.9. The number of aryl methyl sites for hydroxylation is 1. The van der Waals surface area contributed by atoms with Crippen molar-refractivity contribution in [3.8, 4) is 0 Å². The molecule has 1 unspecified atom stereocenters. The Balaban J connectivity index is 2.33. The Bertz CT molecular complexity index is 435. The van der Waals surface area contributed by atoms with Crippen LogP contribution in [-0.2, 0) is 0 Å². The summed E-state index contributed by atoms with van der Waals surface area (Å²) in [7, 11) is 0. The third-order valence-electron chi connectivity index (χ3n) is 1.92. The predicted molar refractivity (Wildman–Crippen MR) is 63.5 cm³/mol. The molecule has 2 rings (SSSR count). The van der Waals surface area contributed by atoms with Crippen LogP contribution in [0.3, 0.4) is 0 Å². The number of alkyl halides is 1. The van der Waals surface area contributed by atoms with Crippen LogP contribution < -0.4 is 0 Å². The lowest BCUT2D eigenvalue weighted by molar-refractivity contribution is 0.532. The molecule has 14 heavy (non-hydrogen) atoms. The second-order valence-electron chi connectivity index (χ2n) is 2.99. The van der Waals surface area contributed by atoms with Crippen LogP contribution in [0, 0.1) is 6.92 Å². The van der Waals surface area contributed by atoms with Crippen molar-refractivity contribution in [2.45, 2.75) is 11.8 Å². The van der Waals surface area contributed by atoms with E-state index in [1.54, 1.807) is 17.6 Å². The van der Waals surface area contributed by atoms with E-state index in [9.17, 15) is 0 Å². The van der Waals surface area contributed by atoms with Crippen LogP contribution in [0.5, 0.6) is 0 Å². The summed E-state index contributed by atoms with van der Waals surface area (Å²) in [5, 5.41) is 2.79. The average molecular weight is 292 g/mol. The van der Waals surface area contributed by atoms with E-state index in [0.29, 0.717) is 0 Å². The first-order chi connectivity index (χ1) is 6.68. The van der Waals surface area contributed by atoms with Crippen LogP contribution in [0.25, 0.3) is 0 Å². The van der Waals surface area contributed by atoms with E-state index in [4.69, 9.17) is 16.0 Å². The molecule has 0 spiro atoms. The molecule has 2 heterocycles. The topological polar surface area (TPSA) is 13.1 Å². The smallest absolute Gasteiger partial charge is 0.101 e. The number of halogens is 2. The summed E-state index contributed by atoms with van der Waals surface area (Å²) >= 11 is 11.3. The fourth-order valence-electron chi connectivity index (χ4n) is 1.23. The minimum Gasteiger partial charge on any atom is -0.469 e. The van der Waals surface area contributed by atoms with E-state index in [1.165, 1.54) is 0 Å². The largest absolute Gasteiger partial charge is 0.469 e. The molecule has 0 amide bonds. The molecule has 74 valence electrons. The van der Waals surface area contributed by atoms with Gasteiger partial charge in [-0.05, 0) is 24.4 Å². The highest BCUT2D eigenvalue weighted by molar-refractivity contribution is 9.09. The number of hydrogen-bond acceptors (Lipinski definition) is 2. The zero-order valence-electron chi connectivity index (χ0n) is 7.46. The van der Waals surface area contributed by atoms with E-state index in [2.05, 4.69) is 15.9 Å². The first-order valence-electron chi connectivity index (χ1n) is 4.10. The van der Waals surface area contributed by atoms with Gasteiger partial charge in [-0.2, -0.15) is 0 Å². The second kappa shape index (κ2) is 4.09. The van der Waals surface area contributed by atoms with Crippen molar-refractivity contribution in [1.29, 1.82) is 0 Å². The number of thiophene rings is 1. The Kier molecular flexibility index (Phi) is 3.00. The van der Waals surface area contributed by atoms with Crippen molar-refractivity contribution < 1.29 is 4.42 Å². The van der Waals surface area contributed by atoms with Crippen molar-refractivity contribution in [2.24, 2.45) is 0 Å². The Labute approximate surface area is 99.8 Å². The zero-order chi connectivity index (χ0) is 10.1. The van der Waals surface area contributed by atoms with E-state index in [1.807, 2.05) is 24.4 Å². The Hall–Kier alpha value is -0.250. The fourth-order valence-corrected chi connectivity index (χ4v) is 3.34. The van der Waals surface area contributed by atoms with Crippen LogP contribution in [0.1, 0.15) is 21.0 Å². The molecule has 1 atom stereocenters. The predicted octanol–water partition coefficient (Wildman–Crippen LogP) is 4.79. The van der Waals surface area contributed by atoms with Gasteiger partial charge in [0.2, 0.25) is 0 Å². The molecule has 1 nitrogen and oxygen atoms in total. The van der Waals surface area contributed by atoms with Gasteiger partial charge in [0.25, 0.3) is 0 Å². The third kappa shape index (κ3) is 1.90. The van der Waals surface area contributed by atoms with Crippen molar-refractivity contribution in [3.05, 3.63) is 45.0 Å². The van der Waals surface area contributed by atoms with Gasteiger partial charge >= 0.3 is 0 Å². The molecule has 0 aliphatic heterocycles. The first-order valence-corrected chi connectivity index (χ1v) is 6.28. The summed E-state index contributed by atoms with van der Waals surface area (Å²) in [6.07, 6.45) is 1.75. The summed E-state index contributed by atoms with van der Waals surface area (Å²) in [4.78, 5) is 1.25. The third-order valence-corrected chi connectivity index (χ3v) is 4.63. The summed E-state index contributed by atoms with van der Waals surface area (Å²) < 4.78 is 5.26.